The molecule has 0 spiro atoms. The number of guanidine groups is 1. The number of benzene rings is 1. The lowest BCUT2D eigenvalue weighted by atomic mass is 9.69. The van der Waals surface area contributed by atoms with Gasteiger partial charge in [0.05, 0.1) is 19.8 Å². The predicted octanol–water partition coefficient (Wildman–Crippen LogP) is 3.80. The van der Waals surface area contributed by atoms with Crippen molar-refractivity contribution in [2.24, 2.45) is 10.9 Å². The number of nitrogens with one attached hydrogen (secondary N) is 1. The number of ether oxygens (including phenoxy) is 4. The highest BCUT2D eigenvalue weighted by atomic mass is 127. The standard InChI is InChI=1S/C24H37N3O4.HI/c1-25-23(27-11-8-19(15-27)16-29-13-12-28-2)26-17-24(9-4-3-5-10-24)20-6-7-21-22(14-20)31-18-30-21;/h6-7,14,19H,3-5,8-13,15-18H2,1-2H3,(H,25,26);1H. The number of methoxy groups -OCH3 is 1. The maximum Gasteiger partial charge on any atom is 0.231 e. The van der Waals surface area contributed by atoms with Crippen LogP contribution in [-0.2, 0) is 14.9 Å². The van der Waals surface area contributed by atoms with E-state index in [9.17, 15) is 0 Å². The van der Waals surface area contributed by atoms with Crippen molar-refractivity contribution in [2.75, 3.05) is 60.4 Å². The molecule has 3 aliphatic rings. The molecule has 1 saturated heterocycles. The Hall–Kier alpha value is -1.26. The highest BCUT2D eigenvalue weighted by Crippen LogP contribution is 2.43. The van der Waals surface area contributed by atoms with E-state index < -0.39 is 0 Å². The first kappa shape index (κ1) is 25.4. The highest BCUT2D eigenvalue weighted by molar-refractivity contribution is 14.0. The van der Waals surface area contributed by atoms with Crippen LogP contribution < -0.4 is 14.8 Å². The molecule has 4 rings (SSSR count). The molecule has 1 saturated carbocycles. The average molecular weight is 559 g/mol. The number of fused-ring (bicyclic) bond motifs is 1. The van der Waals surface area contributed by atoms with E-state index >= 15 is 0 Å². The molecule has 1 N–H and O–H groups in total. The second kappa shape index (κ2) is 12.3. The van der Waals surface area contributed by atoms with Crippen LogP contribution >= 0.6 is 24.0 Å². The van der Waals surface area contributed by atoms with Crippen molar-refractivity contribution < 1.29 is 18.9 Å². The molecule has 8 heteroatoms. The third-order valence-corrected chi connectivity index (χ3v) is 6.96. The number of rotatable bonds is 8. The monoisotopic (exact) mass is 559 g/mol. The van der Waals surface area contributed by atoms with E-state index in [4.69, 9.17) is 18.9 Å². The summed E-state index contributed by atoms with van der Waals surface area (Å²) in [4.78, 5) is 6.98. The number of hydrogen-bond donors (Lipinski definition) is 1. The Bertz CT molecular complexity index is 755. The van der Waals surface area contributed by atoms with E-state index in [1.54, 1.807) is 7.11 Å². The third-order valence-electron chi connectivity index (χ3n) is 6.96. The van der Waals surface area contributed by atoms with Crippen LogP contribution in [0.15, 0.2) is 23.2 Å². The number of nitrogens with zero attached hydrogens (tertiary/aromatic N) is 2. The van der Waals surface area contributed by atoms with Crippen LogP contribution in [0.5, 0.6) is 11.5 Å². The number of likely N-dealkylation sites (tertiary alicyclic amines) is 1. The van der Waals surface area contributed by atoms with Gasteiger partial charge in [-0.25, -0.2) is 0 Å². The van der Waals surface area contributed by atoms with E-state index in [2.05, 4.69) is 33.4 Å². The number of hydrogen-bond acceptors (Lipinski definition) is 5. The zero-order valence-corrected chi connectivity index (χ0v) is 21.8. The van der Waals surface area contributed by atoms with Crippen LogP contribution in [0.2, 0.25) is 0 Å². The largest absolute Gasteiger partial charge is 0.454 e. The zero-order valence-electron chi connectivity index (χ0n) is 19.4. The van der Waals surface area contributed by atoms with Gasteiger partial charge in [-0.2, -0.15) is 0 Å². The Labute approximate surface area is 209 Å². The summed E-state index contributed by atoms with van der Waals surface area (Å²) in [7, 11) is 3.60. The molecule has 1 atom stereocenters. The molecule has 2 aliphatic heterocycles. The van der Waals surface area contributed by atoms with Gasteiger partial charge in [0.15, 0.2) is 17.5 Å². The van der Waals surface area contributed by atoms with Crippen molar-refractivity contribution in [3.05, 3.63) is 23.8 Å². The lowest BCUT2D eigenvalue weighted by molar-refractivity contribution is 0.0536. The van der Waals surface area contributed by atoms with Crippen LogP contribution in [0.1, 0.15) is 44.1 Å². The quantitative estimate of drug-likeness (QED) is 0.226. The molecule has 2 heterocycles. The molecule has 32 heavy (non-hydrogen) atoms. The Balaban J connectivity index is 0.00000289. The van der Waals surface area contributed by atoms with Gasteiger partial charge in [0.2, 0.25) is 6.79 Å². The van der Waals surface area contributed by atoms with Crippen molar-refractivity contribution in [1.82, 2.24) is 10.2 Å². The maximum atomic E-state index is 5.75. The Morgan fingerprint density at radius 1 is 1.19 bits per heavy atom. The van der Waals surface area contributed by atoms with Crippen LogP contribution in [0.4, 0.5) is 0 Å². The molecular weight excluding hydrogens is 521 g/mol. The molecule has 7 nitrogen and oxygen atoms in total. The summed E-state index contributed by atoms with van der Waals surface area (Å²) in [5, 5.41) is 3.73. The molecule has 1 aromatic carbocycles. The van der Waals surface area contributed by atoms with Gasteiger partial charge in [-0.3, -0.25) is 4.99 Å². The van der Waals surface area contributed by atoms with Crippen molar-refractivity contribution in [1.29, 1.82) is 0 Å². The van der Waals surface area contributed by atoms with Gasteiger partial charge in [-0.15, -0.1) is 24.0 Å². The minimum absolute atomic E-state index is 0. The third kappa shape index (κ3) is 5.99. The molecule has 0 amide bonds. The summed E-state index contributed by atoms with van der Waals surface area (Å²) in [6.07, 6.45) is 7.36. The first-order valence-corrected chi connectivity index (χ1v) is 11.7. The minimum atomic E-state index is 0. The smallest absolute Gasteiger partial charge is 0.231 e. The summed E-state index contributed by atoms with van der Waals surface area (Å²) in [5.74, 6) is 3.29. The fourth-order valence-electron chi connectivity index (χ4n) is 5.16. The summed E-state index contributed by atoms with van der Waals surface area (Å²) >= 11 is 0. The van der Waals surface area contributed by atoms with Gasteiger partial charge < -0.3 is 29.2 Å². The SMILES string of the molecule is CN=C(NCC1(c2ccc3c(c2)OCO3)CCCCC1)N1CCC(COCCOC)C1.I. The van der Waals surface area contributed by atoms with E-state index in [0.717, 1.165) is 50.1 Å². The van der Waals surface area contributed by atoms with E-state index in [-0.39, 0.29) is 29.4 Å². The van der Waals surface area contributed by atoms with Crippen molar-refractivity contribution in [3.8, 4) is 11.5 Å². The summed E-state index contributed by atoms with van der Waals surface area (Å²) in [5.41, 5.74) is 1.46. The Morgan fingerprint density at radius 3 is 2.78 bits per heavy atom. The van der Waals surface area contributed by atoms with Crippen LogP contribution in [-0.4, -0.2) is 71.3 Å². The second-order valence-corrected chi connectivity index (χ2v) is 8.98. The van der Waals surface area contributed by atoms with E-state index in [1.807, 2.05) is 7.05 Å². The van der Waals surface area contributed by atoms with Crippen molar-refractivity contribution in [2.45, 2.75) is 43.9 Å². The highest BCUT2D eigenvalue weighted by Gasteiger charge is 2.36. The first-order valence-electron chi connectivity index (χ1n) is 11.7. The van der Waals surface area contributed by atoms with Gasteiger partial charge in [-0.1, -0.05) is 25.3 Å². The lowest BCUT2D eigenvalue weighted by Gasteiger charge is -2.39. The molecule has 0 aromatic heterocycles. The number of halogens is 1. The molecule has 0 bridgehead atoms. The fourth-order valence-corrected chi connectivity index (χ4v) is 5.16. The summed E-state index contributed by atoms with van der Waals surface area (Å²) < 4.78 is 22.0. The second-order valence-electron chi connectivity index (χ2n) is 8.98. The van der Waals surface area contributed by atoms with Crippen LogP contribution in [0.3, 0.4) is 0 Å². The minimum Gasteiger partial charge on any atom is -0.454 e. The molecule has 1 aromatic rings. The number of aliphatic imine (C=N–C) groups is 1. The normalized spacial score (nSPS) is 22.0. The lowest BCUT2D eigenvalue weighted by Crippen LogP contribution is -2.47. The van der Waals surface area contributed by atoms with Crippen molar-refractivity contribution >= 4 is 29.9 Å². The van der Waals surface area contributed by atoms with E-state index in [0.29, 0.717) is 25.9 Å². The molecule has 180 valence electrons. The molecular formula is C24H38IN3O4. The van der Waals surface area contributed by atoms with Gasteiger partial charge in [-0.05, 0) is 37.0 Å². The zero-order chi connectivity index (χ0) is 21.5. The van der Waals surface area contributed by atoms with Crippen LogP contribution in [0.25, 0.3) is 0 Å². The topological polar surface area (TPSA) is 64.6 Å². The molecule has 2 fully saturated rings. The summed E-state index contributed by atoms with van der Waals surface area (Å²) in [6.45, 7) is 5.34. The predicted molar refractivity (Wildman–Crippen MR) is 136 cm³/mol. The fraction of sp³-hybridized carbons (Fsp3) is 0.708. The molecule has 0 radical (unpaired) electrons. The summed E-state index contributed by atoms with van der Waals surface area (Å²) in [6, 6.07) is 6.49. The average Bonchev–Trinajstić information content (AvgIpc) is 3.47. The van der Waals surface area contributed by atoms with Crippen LogP contribution in [0, 0.1) is 5.92 Å². The maximum absolute atomic E-state index is 5.75. The molecule has 1 aliphatic carbocycles. The van der Waals surface area contributed by atoms with Gasteiger partial charge >= 0.3 is 0 Å². The van der Waals surface area contributed by atoms with Gasteiger partial charge in [0.25, 0.3) is 0 Å². The Kier molecular flexibility index (Phi) is 9.73. The van der Waals surface area contributed by atoms with Crippen molar-refractivity contribution in [3.63, 3.8) is 0 Å². The Morgan fingerprint density at radius 2 is 2.00 bits per heavy atom. The van der Waals surface area contributed by atoms with Gasteiger partial charge in [0, 0.05) is 45.1 Å². The van der Waals surface area contributed by atoms with E-state index in [1.165, 1.54) is 37.7 Å². The first-order chi connectivity index (χ1) is 15.2. The molecule has 1 unspecified atom stereocenters. The van der Waals surface area contributed by atoms with Gasteiger partial charge in [0.1, 0.15) is 0 Å².